The molecule has 4 nitrogen and oxygen atoms in total. The van der Waals surface area contributed by atoms with Crippen molar-refractivity contribution in [3.8, 4) is 0 Å². The minimum Gasteiger partial charge on any atom is -0.467 e. The van der Waals surface area contributed by atoms with Crippen molar-refractivity contribution in [1.29, 1.82) is 0 Å². The van der Waals surface area contributed by atoms with Crippen LogP contribution in [0.15, 0.2) is 22.8 Å². The van der Waals surface area contributed by atoms with Crippen LogP contribution < -0.4 is 0 Å². The molecule has 1 fully saturated rings. The predicted molar refractivity (Wildman–Crippen MR) is 78.4 cm³/mol. The van der Waals surface area contributed by atoms with Gasteiger partial charge in [-0.3, -0.25) is 0 Å². The summed E-state index contributed by atoms with van der Waals surface area (Å²) < 4.78 is 10.7. The van der Waals surface area contributed by atoms with E-state index >= 15 is 0 Å². The Labute approximate surface area is 121 Å². The standard InChI is InChI=1S/C16H27NO3/c1-13-5-6-17(9-14(2)8-13)10-15(18)11-19-12-16-4-3-7-20-16/h3-4,7,13-15,18H,5-6,8-12H2,1-2H3. The van der Waals surface area contributed by atoms with Gasteiger partial charge in [0, 0.05) is 13.1 Å². The van der Waals surface area contributed by atoms with E-state index in [9.17, 15) is 5.11 Å². The summed E-state index contributed by atoms with van der Waals surface area (Å²) in [5, 5.41) is 10.1. The average molecular weight is 281 g/mol. The number of hydrogen-bond donors (Lipinski definition) is 1. The molecule has 2 rings (SSSR count). The average Bonchev–Trinajstić information content (AvgIpc) is 2.83. The third-order valence-corrected chi connectivity index (χ3v) is 3.92. The van der Waals surface area contributed by atoms with Gasteiger partial charge in [-0.05, 0) is 43.4 Å². The van der Waals surface area contributed by atoms with Gasteiger partial charge in [-0.2, -0.15) is 0 Å². The van der Waals surface area contributed by atoms with Crippen LogP contribution in [0.1, 0.15) is 32.4 Å². The zero-order chi connectivity index (χ0) is 14.4. The van der Waals surface area contributed by atoms with Crippen LogP contribution >= 0.6 is 0 Å². The number of hydrogen-bond acceptors (Lipinski definition) is 4. The molecule has 0 amide bonds. The van der Waals surface area contributed by atoms with E-state index in [0.29, 0.717) is 25.7 Å². The second-order valence-corrected chi connectivity index (χ2v) is 6.24. The normalized spacial score (nSPS) is 26.4. The Balaban J connectivity index is 1.66. The summed E-state index contributed by atoms with van der Waals surface area (Å²) in [5.74, 6) is 2.31. The Morgan fingerprint density at radius 3 is 3.05 bits per heavy atom. The molecular formula is C16H27NO3. The molecule has 1 N–H and O–H groups in total. The van der Waals surface area contributed by atoms with Crippen molar-refractivity contribution in [3.05, 3.63) is 24.2 Å². The number of ether oxygens (including phenoxy) is 1. The second kappa shape index (κ2) is 7.81. The maximum absolute atomic E-state index is 10.1. The van der Waals surface area contributed by atoms with Gasteiger partial charge in [0.25, 0.3) is 0 Å². The molecule has 0 radical (unpaired) electrons. The molecule has 2 heterocycles. The second-order valence-electron chi connectivity index (χ2n) is 6.24. The van der Waals surface area contributed by atoms with Crippen LogP contribution in [0.25, 0.3) is 0 Å². The summed E-state index contributed by atoms with van der Waals surface area (Å²) in [7, 11) is 0. The van der Waals surface area contributed by atoms with Gasteiger partial charge in [0.15, 0.2) is 0 Å². The first kappa shape index (κ1) is 15.5. The lowest BCUT2D eigenvalue weighted by Gasteiger charge is -2.25. The van der Waals surface area contributed by atoms with Crippen LogP contribution in [0.4, 0.5) is 0 Å². The summed E-state index contributed by atoms with van der Waals surface area (Å²) in [4.78, 5) is 2.37. The van der Waals surface area contributed by atoms with Crippen molar-refractivity contribution >= 4 is 0 Å². The van der Waals surface area contributed by atoms with Crippen molar-refractivity contribution in [2.24, 2.45) is 11.8 Å². The molecule has 3 unspecified atom stereocenters. The van der Waals surface area contributed by atoms with Gasteiger partial charge in [0.2, 0.25) is 0 Å². The summed E-state index contributed by atoms with van der Waals surface area (Å²) >= 11 is 0. The maximum Gasteiger partial charge on any atom is 0.129 e. The first-order chi connectivity index (χ1) is 9.63. The fourth-order valence-corrected chi connectivity index (χ4v) is 3.02. The quantitative estimate of drug-likeness (QED) is 0.870. The van der Waals surface area contributed by atoms with Crippen LogP contribution in [0.2, 0.25) is 0 Å². The van der Waals surface area contributed by atoms with Gasteiger partial charge >= 0.3 is 0 Å². The largest absolute Gasteiger partial charge is 0.467 e. The minimum absolute atomic E-state index is 0.362. The lowest BCUT2D eigenvalue weighted by molar-refractivity contribution is 0.00421. The van der Waals surface area contributed by atoms with Gasteiger partial charge in [-0.15, -0.1) is 0 Å². The highest BCUT2D eigenvalue weighted by atomic mass is 16.5. The van der Waals surface area contributed by atoms with Crippen molar-refractivity contribution in [1.82, 2.24) is 4.90 Å². The van der Waals surface area contributed by atoms with E-state index in [0.717, 1.165) is 24.8 Å². The Kier molecular flexibility index (Phi) is 6.07. The summed E-state index contributed by atoms with van der Waals surface area (Å²) in [6.07, 6.45) is 3.73. The topological polar surface area (TPSA) is 45.8 Å². The highest BCUT2D eigenvalue weighted by molar-refractivity contribution is 4.96. The Bertz CT molecular complexity index is 366. The summed E-state index contributed by atoms with van der Waals surface area (Å²) in [6.45, 7) is 8.28. The molecule has 0 bridgehead atoms. The molecule has 1 aromatic heterocycles. The zero-order valence-electron chi connectivity index (χ0n) is 12.6. The fraction of sp³-hybridized carbons (Fsp3) is 0.750. The monoisotopic (exact) mass is 281 g/mol. The van der Waals surface area contributed by atoms with Crippen LogP contribution in [0.5, 0.6) is 0 Å². The number of aliphatic hydroxyl groups excluding tert-OH is 1. The number of rotatable bonds is 6. The third-order valence-electron chi connectivity index (χ3n) is 3.92. The molecule has 3 atom stereocenters. The Morgan fingerprint density at radius 1 is 1.45 bits per heavy atom. The molecule has 0 spiro atoms. The van der Waals surface area contributed by atoms with E-state index in [4.69, 9.17) is 9.15 Å². The van der Waals surface area contributed by atoms with Crippen molar-refractivity contribution in [2.75, 3.05) is 26.2 Å². The molecule has 0 aliphatic carbocycles. The number of nitrogens with zero attached hydrogens (tertiary/aromatic N) is 1. The smallest absolute Gasteiger partial charge is 0.129 e. The Hall–Kier alpha value is -0.840. The first-order valence-corrected chi connectivity index (χ1v) is 7.64. The SMILES string of the molecule is CC1CCN(CC(O)COCc2ccco2)CC(C)C1. The molecule has 0 saturated carbocycles. The summed E-state index contributed by atoms with van der Waals surface area (Å²) in [5.41, 5.74) is 0. The fourth-order valence-electron chi connectivity index (χ4n) is 3.02. The summed E-state index contributed by atoms with van der Waals surface area (Å²) in [6, 6.07) is 3.72. The first-order valence-electron chi connectivity index (χ1n) is 7.64. The molecular weight excluding hydrogens is 254 g/mol. The molecule has 1 saturated heterocycles. The molecule has 20 heavy (non-hydrogen) atoms. The molecule has 1 aliphatic rings. The van der Waals surface area contributed by atoms with E-state index in [1.807, 2.05) is 12.1 Å². The van der Waals surface area contributed by atoms with Crippen LogP contribution in [0, 0.1) is 11.8 Å². The van der Waals surface area contributed by atoms with E-state index in [-0.39, 0.29) is 0 Å². The van der Waals surface area contributed by atoms with E-state index in [2.05, 4.69) is 18.7 Å². The highest BCUT2D eigenvalue weighted by Crippen LogP contribution is 2.21. The molecule has 0 aromatic carbocycles. The van der Waals surface area contributed by atoms with Crippen molar-refractivity contribution in [2.45, 2.75) is 39.4 Å². The van der Waals surface area contributed by atoms with Gasteiger partial charge in [-0.1, -0.05) is 13.8 Å². The lowest BCUT2D eigenvalue weighted by Crippen LogP contribution is -2.37. The maximum atomic E-state index is 10.1. The van der Waals surface area contributed by atoms with Gasteiger partial charge in [-0.25, -0.2) is 0 Å². The molecule has 4 heteroatoms. The number of aliphatic hydroxyl groups is 1. The predicted octanol–water partition coefficient (Wildman–Crippen LogP) is 2.53. The van der Waals surface area contributed by atoms with Gasteiger partial charge < -0.3 is 19.2 Å². The Morgan fingerprint density at radius 2 is 2.30 bits per heavy atom. The van der Waals surface area contributed by atoms with Crippen LogP contribution in [-0.2, 0) is 11.3 Å². The van der Waals surface area contributed by atoms with Gasteiger partial charge in [0.05, 0.1) is 19.0 Å². The third kappa shape index (κ3) is 5.27. The molecule has 114 valence electrons. The number of furan rings is 1. The number of β-amino-alcohol motifs (C(OH)–C–C–N with tert-alkyl or cyclic N) is 1. The van der Waals surface area contributed by atoms with Crippen LogP contribution in [-0.4, -0.2) is 42.4 Å². The zero-order valence-corrected chi connectivity index (χ0v) is 12.6. The van der Waals surface area contributed by atoms with E-state index < -0.39 is 6.10 Å². The minimum atomic E-state index is -0.425. The van der Waals surface area contributed by atoms with E-state index in [1.54, 1.807) is 6.26 Å². The van der Waals surface area contributed by atoms with Gasteiger partial charge in [0.1, 0.15) is 12.4 Å². The van der Waals surface area contributed by atoms with Crippen molar-refractivity contribution in [3.63, 3.8) is 0 Å². The highest BCUT2D eigenvalue weighted by Gasteiger charge is 2.20. The van der Waals surface area contributed by atoms with Crippen LogP contribution in [0.3, 0.4) is 0 Å². The van der Waals surface area contributed by atoms with E-state index in [1.165, 1.54) is 12.8 Å². The molecule has 1 aromatic rings. The molecule has 1 aliphatic heterocycles. The van der Waals surface area contributed by atoms with Crippen molar-refractivity contribution < 1.29 is 14.3 Å². The lowest BCUT2D eigenvalue weighted by atomic mass is 9.97. The number of likely N-dealkylation sites (tertiary alicyclic amines) is 1.